The summed E-state index contributed by atoms with van der Waals surface area (Å²) in [5.41, 5.74) is 7.43. The van der Waals surface area contributed by atoms with E-state index in [9.17, 15) is 0 Å². The molecule has 6 aromatic heterocycles. The highest BCUT2D eigenvalue weighted by Crippen LogP contribution is 2.36. The molecule has 0 saturated carbocycles. The van der Waals surface area contributed by atoms with Gasteiger partial charge in [0, 0.05) is 56.3 Å². The average molecular weight is 466 g/mol. The van der Waals surface area contributed by atoms with E-state index in [1.54, 1.807) is 11.3 Å². The maximum Gasteiger partial charge on any atom is 0.138 e. The van der Waals surface area contributed by atoms with Crippen LogP contribution in [0.5, 0.6) is 0 Å². The number of nitrogens with one attached hydrogen (secondary N) is 3. The molecule has 0 aliphatic heterocycles. The summed E-state index contributed by atoms with van der Waals surface area (Å²) in [7, 11) is 0. The number of anilines is 1. The molecule has 0 atom stereocenters. The van der Waals surface area contributed by atoms with E-state index >= 15 is 0 Å². The number of H-pyrrole nitrogens is 2. The van der Waals surface area contributed by atoms with E-state index < -0.39 is 0 Å². The molecule has 34 heavy (non-hydrogen) atoms. The van der Waals surface area contributed by atoms with Crippen LogP contribution >= 0.6 is 11.3 Å². The van der Waals surface area contributed by atoms with Crippen molar-refractivity contribution in [2.45, 2.75) is 26.8 Å². The summed E-state index contributed by atoms with van der Waals surface area (Å²) < 4.78 is 0. The van der Waals surface area contributed by atoms with Crippen LogP contribution in [-0.4, -0.2) is 36.2 Å². The molecule has 3 N–H and O–H groups in total. The molecule has 0 bridgehead atoms. The van der Waals surface area contributed by atoms with E-state index in [4.69, 9.17) is 0 Å². The monoisotopic (exact) mass is 465 g/mol. The highest BCUT2D eigenvalue weighted by molar-refractivity contribution is 7.15. The zero-order valence-corrected chi connectivity index (χ0v) is 19.9. The molecule has 8 heteroatoms. The quantitative estimate of drug-likeness (QED) is 0.273. The fourth-order valence-electron chi connectivity index (χ4n) is 4.22. The summed E-state index contributed by atoms with van der Waals surface area (Å²) in [5.74, 6) is 0. The smallest absolute Gasteiger partial charge is 0.138 e. The van der Waals surface area contributed by atoms with Crippen LogP contribution < -0.4 is 5.32 Å². The van der Waals surface area contributed by atoms with Gasteiger partial charge in [-0.25, -0.2) is 4.98 Å². The molecule has 0 saturated heterocycles. The van der Waals surface area contributed by atoms with E-state index in [-0.39, 0.29) is 0 Å². The molecule has 6 rings (SSSR count). The normalized spacial score (nSPS) is 11.6. The molecule has 0 unspecified atom stereocenters. The molecule has 168 valence electrons. The third-order valence-corrected chi connectivity index (χ3v) is 6.76. The van der Waals surface area contributed by atoms with Gasteiger partial charge >= 0.3 is 0 Å². The lowest BCUT2D eigenvalue weighted by Gasteiger charge is -2.10. The zero-order valence-electron chi connectivity index (χ0n) is 19.0. The van der Waals surface area contributed by atoms with Gasteiger partial charge in [0.15, 0.2) is 0 Å². The van der Waals surface area contributed by atoms with Crippen LogP contribution in [0.15, 0.2) is 61.2 Å². The minimum Gasteiger partial charge on any atom is -0.382 e. The molecule has 0 aliphatic rings. The fraction of sp³-hybridized carbons (Fsp3) is 0.154. The second-order valence-corrected chi connectivity index (χ2v) is 9.95. The predicted molar refractivity (Wildman–Crippen MR) is 139 cm³/mol. The van der Waals surface area contributed by atoms with Crippen LogP contribution in [0.25, 0.3) is 55.0 Å². The minimum atomic E-state index is 0.326. The molecule has 6 aromatic rings. The minimum absolute atomic E-state index is 0.326. The molecular formula is C26H23N7S. The third kappa shape index (κ3) is 3.62. The second kappa shape index (κ2) is 8.07. The number of aromatic nitrogens is 6. The van der Waals surface area contributed by atoms with Crippen molar-refractivity contribution in [1.29, 1.82) is 0 Å². The first kappa shape index (κ1) is 20.6. The Morgan fingerprint density at radius 2 is 1.88 bits per heavy atom. The van der Waals surface area contributed by atoms with Crippen LogP contribution in [0.3, 0.4) is 0 Å². The Kier molecular flexibility index (Phi) is 4.88. The van der Waals surface area contributed by atoms with Gasteiger partial charge in [0.25, 0.3) is 0 Å². The lowest BCUT2D eigenvalue weighted by Crippen LogP contribution is -2.09. The van der Waals surface area contributed by atoms with E-state index in [1.165, 1.54) is 15.3 Å². The van der Waals surface area contributed by atoms with E-state index in [1.807, 2.05) is 24.8 Å². The Hall–Kier alpha value is -4.04. The number of aromatic amines is 2. The van der Waals surface area contributed by atoms with Gasteiger partial charge in [-0.05, 0) is 57.2 Å². The van der Waals surface area contributed by atoms with Crippen molar-refractivity contribution in [3.05, 3.63) is 66.1 Å². The number of hydrogen-bond acceptors (Lipinski definition) is 6. The molecule has 7 nitrogen and oxygen atoms in total. The number of rotatable bonds is 5. The maximum atomic E-state index is 4.64. The molecule has 0 spiro atoms. The molecule has 0 aliphatic carbocycles. The largest absolute Gasteiger partial charge is 0.382 e. The van der Waals surface area contributed by atoms with Crippen molar-refractivity contribution < 1.29 is 0 Å². The molecule has 0 radical (unpaired) electrons. The Labute approximate surface area is 200 Å². The molecule has 0 amide bonds. The van der Waals surface area contributed by atoms with Gasteiger partial charge in [0.2, 0.25) is 0 Å². The number of aryl methyl sites for hydroxylation is 1. The number of nitrogens with zero attached hydrogens (tertiary/aromatic N) is 4. The van der Waals surface area contributed by atoms with Gasteiger partial charge in [0.05, 0.1) is 28.8 Å². The molecule has 0 fully saturated rings. The van der Waals surface area contributed by atoms with Crippen molar-refractivity contribution in [2.24, 2.45) is 0 Å². The van der Waals surface area contributed by atoms with Crippen molar-refractivity contribution in [3.63, 3.8) is 0 Å². The van der Waals surface area contributed by atoms with Crippen LogP contribution in [0.1, 0.15) is 18.7 Å². The highest BCUT2D eigenvalue weighted by Gasteiger charge is 2.16. The number of hydrogen-bond donors (Lipinski definition) is 3. The third-order valence-electron chi connectivity index (χ3n) is 5.73. The number of fused-ring (bicyclic) bond motifs is 2. The Morgan fingerprint density at radius 3 is 2.71 bits per heavy atom. The fourth-order valence-corrected chi connectivity index (χ4v) is 5.13. The van der Waals surface area contributed by atoms with Gasteiger partial charge in [-0.1, -0.05) is 0 Å². The summed E-state index contributed by atoms with van der Waals surface area (Å²) >= 11 is 1.79. The van der Waals surface area contributed by atoms with Crippen molar-refractivity contribution in [3.8, 4) is 33.1 Å². The highest BCUT2D eigenvalue weighted by atomic mass is 32.1. The number of pyridine rings is 3. The summed E-state index contributed by atoms with van der Waals surface area (Å²) in [4.78, 5) is 19.6. The number of thiophene rings is 1. The van der Waals surface area contributed by atoms with Gasteiger partial charge < -0.3 is 10.3 Å². The zero-order chi connectivity index (χ0) is 23.2. The van der Waals surface area contributed by atoms with Gasteiger partial charge in [0.1, 0.15) is 11.3 Å². The summed E-state index contributed by atoms with van der Waals surface area (Å²) in [6.07, 6.45) is 7.34. The van der Waals surface area contributed by atoms with Crippen LogP contribution in [-0.2, 0) is 0 Å². The SMILES string of the molecule is Cc1ccc(-c2ccnc3[nH]c(-c4n[nH]c5cnc(-c6cncc(NC(C)C)c6)cc45)cc23)s1. The van der Waals surface area contributed by atoms with Gasteiger partial charge in [-0.3, -0.25) is 15.1 Å². The summed E-state index contributed by atoms with van der Waals surface area (Å²) in [6, 6.07) is 13.0. The Balaban J connectivity index is 1.45. The van der Waals surface area contributed by atoms with Crippen LogP contribution in [0, 0.1) is 6.92 Å². The Bertz CT molecular complexity index is 1640. The molecular weight excluding hydrogens is 442 g/mol. The molecule has 6 heterocycles. The standard InChI is InChI=1S/C26H23N7S/c1-14(2)30-17-8-16(11-27-12-17)21-10-20-23(13-29-21)32-33-25(20)22-9-19-18(6-7-28-26(19)31-22)24-5-4-15(3)34-24/h4-14,30H,1-3H3,(H,28,31)(H,32,33). The van der Waals surface area contributed by atoms with Gasteiger partial charge in [-0.15, -0.1) is 11.3 Å². The first-order chi connectivity index (χ1) is 16.5. The van der Waals surface area contributed by atoms with Crippen LogP contribution in [0.4, 0.5) is 5.69 Å². The van der Waals surface area contributed by atoms with E-state index in [0.717, 1.165) is 50.3 Å². The van der Waals surface area contributed by atoms with Crippen molar-refractivity contribution >= 4 is 39.0 Å². The lowest BCUT2D eigenvalue weighted by molar-refractivity contribution is 0.898. The first-order valence-corrected chi connectivity index (χ1v) is 12.0. The Morgan fingerprint density at radius 1 is 0.971 bits per heavy atom. The first-order valence-electron chi connectivity index (χ1n) is 11.2. The summed E-state index contributed by atoms with van der Waals surface area (Å²) in [6.45, 7) is 6.34. The second-order valence-electron chi connectivity index (χ2n) is 8.66. The maximum absolute atomic E-state index is 4.64. The van der Waals surface area contributed by atoms with Gasteiger partial charge in [-0.2, -0.15) is 5.10 Å². The summed E-state index contributed by atoms with van der Waals surface area (Å²) in [5, 5.41) is 13.2. The molecule has 0 aromatic carbocycles. The van der Waals surface area contributed by atoms with E-state index in [0.29, 0.717) is 6.04 Å². The average Bonchev–Trinajstić information content (AvgIpc) is 3.55. The topological polar surface area (TPSA) is 95.2 Å². The van der Waals surface area contributed by atoms with Crippen LogP contribution in [0.2, 0.25) is 0 Å². The lowest BCUT2D eigenvalue weighted by atomic mass is 10.1. The predicted octanol–water partition coefficient (Wildman–Crippen LogP) is 6.42. The van der Waals surface area contributed by atoms with Crippen molar-refractivity contribution in [1.82, 2.24) is 30.1 Å². The van der Waals surface area contributed by atoms with Crippen molar-refractivity contribution in [2.75, 3.05) is 5.32 Å². The van der Waals surface area contributed by atoms with E-state index in [2.05, 4.69) is 92.6 Å².